The van der Waals surface area contributed by atoms with Crippen LogP contribution in [0.3, 0.4) is 0 Å². The molecule has 1 N–H and O–H groups in total. The third kappa shape index (κ3) is 2.65. The number of aliphatic hydroxyl groups is 1. The van der Waals surface area contributed by atoms with Crippen molar-refractivity contribution in [2.75, 3.05) is 11.4 Å². The molecule has 2 aromatic rings. The number of hydrogen-bond acceptors (Lipinski definition) is 4. The van der Waals surface area contributed by atoms with Gasteiger partial charge in [-0.1, -0.05) is 18.2 Å². The van der Waals surface area contributed by atoms with Crippen molar-refractivity contribution in [1.29, 1.82) is 0 Å². The first-order chi connectivity index (χ1) is 8.96. The van der Waals surface area contributed by atoms with Crippen LogP contribution in [-0.4, -0.2) is 20.6 Å². The Morgan fingerprint density at radius 1 is 1.32 bits per heavy atom. The molecule has 0 atom stereocenters. The number of para-hydroxylation sites is 1. The summed E-state index contributed by atoms with van der Waals surface area (Å²) in [6.07, 6.45) is 0. The molecule has 6 heteroatoms. The van der Waals surface area contributed by atoms with Gasteiger partial charge in [0.15, 0.2) is 0 Å². The van der Waals surface area contributed by atoms with Crippen molar-refractivity contribution in [2.24, 2.45) is 0 Å². The Balaban J connectivity index is 2.42. The van der Waals surface area contributed by atoms with E-state index in [0.717, 1.165) is 5.56 Å². The molecule has 0 bridgehead atoms. The van der Waals surface area contributed by atoms with E-state index in [9.17, 15) is 8.42 Å². The van der Waals surface area contributed by atoms with Gasteiger partial charge >= 0.3 is 0 Å². The maximum atomic E-state index is 12.5. The molecule has 102 valence electrons. The van der Waals surface area contributed by atoms with Crippen LogP contribution in [0.5, 0.6) is 0 Å². The zero-order valence-electron chi connectivity index (χ0n) is 10.7. The van der Waals surface area contributed by atoms with Crippen LogP contribution in [-0.2, 0) is 16.6 Å². The second kappa shape index (κ2) is 5.32. The van der Waals surface area contributed by atoms with Crippen molar-refractivity contribution in [3.63, 3.8) is 0 Å². The molecule has 1 heterocycles. The summed E-state index contributed by atoms with van der Waals surface area (Å²) in [4.78, 5) is 0.851. The lowest BCUT2D eigenvalue weighted by Crippen LogP contribution is -2.26. The highest BCUT2D eigenvalue weighted by Crippen LogP contribution is 2.27. The fourth-order valence-electron chi connectivity index (χ4n) is 1.78. The Morgan fingerprint density at radius 2 is 2.00 bits per heavy atom. The van der Waals surface area contributed by atoms with Gasteiger partial charge in [0, 0.05) is 17.3 Å². The van der Waals surface area contributed by atoms with E-state index in [1.165, 1.54) is 28.8 Å². The van der Waals surface area contributed by atoms with Gasteiger partial charge in [-0.3, -0.25) is 4.31 Å². The minimum absolute atomic E-state index is 0.145. The number of anilines is 1. The maximum absolute atomic E-state index is 12.5. The van der Waals surface area contributed by atoms with Crippen molar-refractivity contribution in [2.45, 2.75) is 18.4 Å². The molecule has 0 radical (unpaired) electrons. The van der Waals surface area contributed by atoms with Crippen LogP contribution < -0.4 is 4.31 Å². The summed E-state index contributed by atoms with van der Waals surface area (Å²) in [5.74, 6) is 0. The van der Waals surface area contributed by atoms with Gasteiger partial charge in [-0.15, -0.1) is 11.3 Å². The summed E-state index contributed by atoms with van der Waals surface area (Å²) in [7, 11) is -2.04. The molecule has 4 nitrogen and oxygen atoms in total. The van der Waals surface area contributed by atoms with Crippen molar-refractivity contribution in [3.05, 3.63) is 46.2 Å². The van der Waals surface area contributed by atoms with Crippen molar-refractivity contribution >= 4 is 27.0 Å². The first-order valence-electron chi connectivity index (χ1n) is 5.69. The molecule has 2 rings (SSSR count). The van der Waals surface area contributed by atoms with Crippen molar-refractivity contribution in [3.8, 4) is 0 Å². The first kappa shape index (κ1) is 14.0. The zero-order valence-corrected chi connectivity index (χ0v) is 12.3. The molecule has 0 saturated heterocycles. The van der Waals surface area contributed by atoms with Crippen LogP contribution >= 0.6 is 11.3 Å². The average molecular weight is 297 g/mol. The van der Waals surface area contributed by atoms with E-state index in [0.29, 0.717) is 10.6 Å². The van der Waals surface area contributed by atoms with Gasteiger partial charge in [0.2, 0.25) is 0 Å². The molecular formula is C13H15NO3S2. The summed E-state index contributed by atoms with van der Waals surface area (Å²) in [5.41, 5.74) is 1.55. The Hall–Kier alpha value is -1.37. The van der Waals surface area contributed by atoms with Crippen LogP contribution in [0.2, 0.25) is 0 Å². The number of nitrogens with zero attached hydrogens (tertiary/aromatic N) is 1. The van der Waals surface area contributed by atoms with Crippen LogP contribution in [0.25, 0.3) is 0 Å². The maximum Gasteiger partial charge on any atom is 0.264 e. The normalized spacial score (nSPS) is 11.5. The van der Waals surface area contributed by atoms with Gasteiger partial charge in [-0.25, -0.2) is 8.42 Å². The number of thiophene rings is 1. The second-order valence-electron chi connectivity index (χ2n) is 4.17. The summed E-state index contributed by atoms with van der Waals surface area (Å²) in [6, 6.07) is 8.82. The fourth-order valence-corrected chi connectivity index (χ4v) is 4.16. The van der Waals surface area contributed by atoms with E-state index < -0.39 is 10.0 Å². The van der Waals surface area contributed by atoms with Gasteiger partial charge in [0.25, 0.3) is 10.0 Å². The minimum atomic E-state index is -3.57. The van der Waals surface area contributed by atoms with Crippen molar-refractivity contribution in [1.82, 2.24) is 0 Å². The fraction of sp³-hybridized carbons (Fsp3) is 0.231. The van der Waals surface area contributed by atoms with Gasteiger partial charge < -0.3 is 5.11 Å². The van der Waals surface area contributed by atoms with E-state index in [1.54, 1.807) is 17.5 Å². The molecule has 0 aliphatic carbocycles. The van der Waals surface area contributed by atoms with Crippen LogP contribution in [0.1, 0.15) is 10.4 Å². The number of rotatable bonds is 4. The van der Waals surface area contributed by atoms with Gasteiger partial charge in [-0.2, -0.15) is 0 Å². The number of aryl methyl sites for hydroxylation is 1. The smallest absolute Gasteiger partial charge is 0.264 e. The lowest BCUT2D eigenvalue weighted by Gasteiger charge is -2.20. The highest BCUT2D eigenvalue weighted by Gasteiger charge is 2.23. The molecule has 0 unspecified atom stereocenters. The number of benzene rings is 1. The summed E-state index contributed by atoms with van der Waals surface area (Å²) in [6.45, 7) is 1.72. The second-order valence-corrected chi connectivity index (χ2v) is 7.13. The molecule has 1 aromatic carbocycles. The Kier molecular flexibility index (Phi) is 3.93. The van der Waals surface area contributed by atoms with E-state index in [2.05, 4.69) is 0 Å². The lowest BCUT2D eigenvalue weighted by molar-refractivity contribution is 0.285. The van der Waals surface area contributed by atoms with Crippen LogP contribution in [0.4, 0.5) is 5.69 Å². The quantitative estimate of drug-likeness (QED) is 0.942. The Labute approximate surface area is 117 Å². The van der Waals surface area contributed by atoms with Gasteiger partial charge in [0.05, 0.1) is 17.2 Å². The number of aliphatic hydroxyl groups excluding tert-OH is 1. The summed E-state index contributed by atoms with van der Waals surface area (Å²) >= 11 is 1.24. The first-order valence-corrected chi connectivity index (χ1v) is 8.01. The SMILES string of the molecule is Cc1ccccc1N(C)S(=O)(=O)c1csc(CO)c1. The summed E-state index contributed by atoms with van der Waals surface area (Å²) in [5, 5.41) is 10.6. The molecule has 0 amide bonds. The minimum Gasteiger partial charge on any atom is -0.391 e. The van der Waals surface area contributed by atoms with E-state index in [4.69, 9.17) is 5.11 Å². The van der Waals surface area contributed by atoms with Crippen LogP contribution in [0.15, 0.2) is 40.6 Å². The van der Waals surface area contributed by atoms with E-state index in [-0.39, 0.29) is 11.5 Å². The van der Waals surface area contributed by atoms with E-state index in [1.807, 2.05) is 19.1 Å². The van der Waals surface area contributed by atoms with Crippen LogP contribution in [0, 0.1) is 6.92 Å². The Bertz CT molecular complexity index is 677. The monoisotopic (exact) mass is 297 g/mol. The molecule has 0 fully saturated rings. The molecule has 1 aromatic heterocycles. The van der Waals surface area contributed by atoms with Gasteiger partial charge in [-0.05, 0) is 24.6 Å². The third-order valence-corrected chi connectivity index (χ3v) is 5.72. The largest absolute Gasteiger partial charge is 0.391 e. The molecular weight excluding hydrogens is 282 g/mol. The lowest BCUT2D eigenvalue weighted by atomic mass is 10.2. The highest BCUT2D eigenvalue weighted by atomic mass is 32.2. The number of sulfonamides is 1. The molecule has 0 aliphatic heterocycles. The summed E-state index contributed by atoms with van der Waals surface area (Å²) < 4.78 is 26.2. The predicted molar refractivity (Wildman–Crippen MR) is 77.0 cm³/mol. The zero-order chi connectivity index (χ0) is 14.0. The molecule has 0 spiro atoms. The topological polar surface area (TPSA) is 57.6 Å². The van der Waals surface area contributed by atoms with Gasteiger partial charge in [0.1, 0.15) is 0 Å². The Morgan fingerprint density at radius 3 is 2.58 bits per heavy atom. The molecule has 0 aliphatic rings. The molecule has 19 heavy (non-hydrogen) atoms. The third-order valence-electron chi connectivity index (χ3n) is 2.90. The van der Waals surface area contributed by atoms with E-state index >= 15 is 0 Å². The average Bonchev–Trinajstić information content (AvgIpc) is 2.88. The molecule has 0 saturated carbocycles. The highest BCUT2D eigenvalue weighted by molar-refractivity contribution is 7.93. The standard InChI is InChI=1S/C13H15NO3S2/c1-10-5-3-4-6-13(10)14(2)19(16,17)12-7-11(8-15)18-9-12/h3-7,9,15H,8H2,1-2H3. The number of hydrogen-bond donors (Lipinski definition) is 1. The van der Waals surface area contributed by atoms with Crippen molar-refractivity contribution < 1.29 is 13.5 Å². The predicted octanol–water partition coefficient (Wildman–Crippen LogP) is 2.37.